The van der Waals surface area contributed by atoms with Crippen molar-refractivity contribution in [3.05, 3.63) is 22.8 Å². The van der Waals surface area contributed by atoms with Crippen molar-refractivity contribution in [1.82, 2.24) is 4.98 Å². The van der Waals surface area contributed by atoms with Crippen molar-refractivity contribution < 1.29 is 9.90 Å². The Bertz CT molecular complexity index is 302. The monoisotopic (exact) mass is 261 g/mol. The van der Waals surface area contributed by atoms with Crippen LogP contribution < -0.4 is 0 Å². The third-order valence-electron chi connectivity index (χ3n) is 1.35. The van der Waals surface area contributed by atoms with Crippen molar-refractivity contribution in [1.29, 1.82) is 0 Å². The van der Waals surface area contributed by atoms with Crippen LogP contribution in [0.1, 0.15) is 6.92 Å². The SMILES string of the molecule is CC(Sc1ccc(Br)cn1)C(=O)O. The summed E-state index contributed by atoms with van der Waals surface area (Å²) in [6.07, 6.45) is 1.65. The van der Waals surface area contributed by atoms with Crippen LogP contribution in [-0.4, -0.2) is 21.3 Å². The third kappa shape index (κ3) is 3.36. The molecule has 0 saturated carbocycles. The zero-order chi connectivity index (χ0) is 9.84. The summed E-state index contributed by atoms with van der Waals surface area (Å²) < 4.78 is 0.889. The van der Waals surface area contributed by atoms with Gasteiger partial charge in [0, 0.05) is 10.7 Å². The maximum absolute atomic E-state index is 10.5. The number of aromatic nitrogens is 1. The van der Waals surface area contributed by atoms with E-state index >= 15 is 0 Å². The predicted octanol–water partition coefficient (Wildman–Crippen LogP) is 2.41. The highest BCUT2D eigenvalue weighted by Crippen LogP contribution is 2.22. The van der Waals surface area contributed by atoms with Crippen molar-refractivity contribution >= 4 is 33.7 Å². The van der Waals surface area contributed by atoms with Crippen LogP contribution >= 0.6 is 27.7 Å². The van der Waals surface area contributed by atoms with E-state index in [0.717, 1.165) is 9.50 Å². The molecule has 3 nitrogen and oxygen atoms in total. The van der Waals surface area contributed by atoms with Gasteiger partial charge in [-0.05, 0) is 35.0 Å². The van der Waals surface area contributed by atoms with Gasteiger partial charge in [-0.25, -0.2) is 4.98 Å². The molecule has 1 atom stereocenters. The second-order valence-corrected chi connectivity index (χ2v) is 4.69. The summed E-state index contributed by atoms with van der Waals surface area (Å²) >= 11 is 4.48. The van der Waals surface area contributed by atoms with Gasteiger partial charge in [0.25, 0.3) is 0 Å². The molecule has 0 amide bonds. The molecular formula is C8H8BrNO2S. The number of carbonyl (C=O) groups is 1. The third-order valence-corrected chi connectivity index (χ3v) is 2.85. The Hall–Kier alpha value is -0.550. The normalized spacial score (nSPS) is 12.5. The number of rotatable bonds is 3. The van der Waals surface area contributed by atoms with Crippen LogP contribution in [0.15, 0.2) is 27.8 Å². The maximum Gasteiger partial charge on any atom is 0.316 e. The van der Waals surface area contributed by atoms with Crippen LogP contribution in [0.5, 0.6) is 0 Å². The molecule has 70 valence electrons. The molecule has 0 aliphatic heterocycles. The largest absolute Gasteiger partial charge is 0.480 e. The molecule has 0 saturated heterocycles. The summed E-state index contributed by atoms with van der Waals surface area (Å²) in [7, 11) is 0. The van der Waals surface area contributed by atoms with Gasteiger partial charge in [-0.1, -0.05) is 11.8 Å². The van der Waals surface area contributed by atoms with Crippen molar-refractivity contribution in [2.75, 3.05) is 0 Å². The van der Waals surface area contributed by atoms with E-state index in [2.05, 4.69) is 20.9 Å². The predicted molar refractivity (Wildman–Crippen MR) is 54.9 cm³/mol. The van der Waals surface area contributed by atoms with E-state index in [1.54, 1.807) is 19.2 Å². The summed E-state index contributed by atoms with van der Waals surface area (Å²) in [6.45, 7) is 1.64. The second-order valence-electron chi connectivity index (χ2n) is 2.41. The number of thioether (sulfide) groups is 1. The van der Waals surface area contributed by atoms with E-state index in [0.29, 0.717) is 0 Å². The molecule has 1 aromatic rings. The molecule has 13 heavy (non-hydrogen) atoms. The van der Waals surface area contributed by atoms with E-state index in [-0.39, 0.29) is 0 Å². The minimum Gasteiger partial charge on any atom is -0.480 e. The first-order valence-corrected chi connectivity index (χ1v) is 5.28. The molecule has 1 N–H and O–H groups in total. The fraction of sp³-hybridized carbons (Fsp3) is 0.250. The van der Waals surface area contributed by atoms with Crippen LogP contribution in [0.4, 0.5) is 0 Å². The lowest BCUT2D eigenvalue weighted by Gasteiger charge is -2.04. The first-order chi connectivity index (χ1) is 6.09. The topological polar surface area (TPSA) is 50.2 Å². The average molecular weight is 262 g/mol. The minimum absolute atomic E-state index is 0.464. The van der Waals surface area contributed by atoms with Crippen molar-refractivity contribution in [3.63, 3.8) is 0 Å². The number of nitrogens with zero attached hydrogens (tertiary/aromatic N) is 1. The molecular weight excluding hydrogens is 254 g/mol. The zero-order valence-electron chi connectivity index (χ0n) is 6.90. The molecule has 0 aromatic carbocycles. The average Bonchev–Trinajstić information content (AvgIpc) is 2.08. The number of aliphatic carboxylic acids is 1. The smallest absolute Gasteiger partial charge is 0.316 e. The van der Waals surface area contributed by atoms with Crippen LogP contribution in [0, 0.1) is 0 Å². The summed E-state index contributed by atoms with van der Waals surface area (Å²) in [5, 5.41) is 8.90. The Kier molecular flexibility index (Phi) is 3.74. The molecule has 0 radical (unpaired) electrons. The van der Waals surface area contributed by atoms with E-state index in [4.69, 9.17) is 5.11 Å². The first kappa shape index (κ1) is 10.5. The highest BCUT2D eigenvalue weighted by atomic mass is 79.9. The van der Waals surface area contributed by atoms with Crippen LogP contribution in [-0.2, 0) is 4.79 Å². The van der Waals surface area contributed by atoms with Gasteiger partial charge in [-0.3, -0.25) is 4.79 Å². The standard InChI is InChI=1S/C8H8BrNO2S/c1-5(8(11)12)13-7-3-2-6(9)4-10-7/h2-5H,1H3,(H,11,12). The summed E-state index contributed by atoms with van der Waals surface area (Å²) in [6, 6.07) is 3.62. The fourth-order valence-corrected chi connectivity index (χ4v) is 1.62. The van der Waals surface area contributed by atoms with Gasteiger partial charge in [0.1, 0.15) is 5.25 Å². The van der Waals surface area contributed by atoms with Gasteiger partial charge in [-0.15, -0.1) is 0 Å². The fourth-order valence-electron chi connectivity index (χ4n) is 0.663. The summed E-state index contributed by atoms with van der Waals surface area (Å²) in [5.74, 6) is -0.824. The molecule has 0 spiro atoms. The number of halogens is 1. The Morgan fingerprint density at radius 1 is 1.69 bits per heavy atom. The van der Waals surface area contributed by atoms with E-state index < -0.39 is 11.2 Å². The lowest BCUT2D eigenvalue weighted by molar-refractivity contribution is -0.136. The molecule has 1 aromatic heterocycles. The van der Waals surface area contributed by atoms with Gasteiger partial charge >= 0.3 is 5.97 Å². The van der Waals surface area contributed by atoms with Crippen LogP contribution in [0.2, 0.25) is 0 Å². The van der Waals surface area contributed by atoms with Crippen LogP contribution in [0.3, 0.4) is 0 Å². The number of carboxylic acids is 1. The second kappa shape index (κ2) is 4.62. The molecule has 0 fully saturated rings. The van der Waals surface area contributed by atoms with Gasteiger partial charge in [-0.2, -0.15) is 0 Å². The maximum atomic E-state index is 10.5. The zero-order valence-corrected chi connectivity index (χ0v) is 9.30. The van der Waals surface area contributed by atoms with Gasteiger partial charge in [0.05, 0.1) is 5.03 Å². The molecule has 0 aliphatic carbocycles. The lowest BCUT2D eigenvalue weighted by Crippen LogP contribution is -2.11. The quantitative estimate of drug-likeness (QED) is 0.850. The van der Waals surface area contributed by atoms with Gasteiger partial charge < -0.3 is 5.11 Å². The minimum atomic E-state index is -0.824. The summed E-state index contributed by atoms with van der Waals surface area (Å²) in [5.41, 5.74) is 0. The van der Waals surface area contributed by atoms with Gasteiger partial charge in [0.15, 0.2) is 0 Å². The van der Waals surface area contributed by atoms with Gasteiger partial charge in [0.2, 0.25) is 0 Å². The van der Waals surface area contributed by atoms with Crippen LogP contribution in [0.25, 0.3) is 0 Å². The number of hydrogen-bond acceptors (Lipinski definition) is 3. The number of hydrogen-bond donors (Lipinski definition) is 1. The number of carboxylic acid groups (broad SMARTS) is 1. The highest BCUT2D eigenvalue weighted by molar-refractivity contribution is 9.10. The molecule has 1 rings (SSSR count). The highest BCUT2D eigenvalue weighted by Gasteiger charge is 2.12. The molecule has 1 unspecified atom stereocenters. The van der Waals surface area contributed by atoms with E-state index in [9.17, 15) is 4.79 Å². The summed E-state index contributed by atoms with van der Waals surface area (Å²) in [4.78, 5) is 14.6. The van der Waals surface area contributed by atoms with E-state index in [1.165, 1.54) is 11.8 Å². The Morgan fingerprint density at radius 3 is 2.85 bits per heavy atom. The number of pyridine rings is 1. The Balaban J connectivity index is 2.64. The van der Waals surface area contributed by atoms with Crippen molar-refractivity contribution in [2.24, 2.45) is 0 Å². The van der Waals surface area contributed by atoms with Crippen molar-refractivity contribution in [2.45, 2.75) is 17.2 Å². The van der Waals surface area contributed by atoms with Crippen molar-refractivity contribution in [3.8, 4) is 0 Å². The first-order valence-electron chi connectivity index (χ1n) is 3.60. The molecule has 5 heteroatoms. The molecule has 0 bridgehead atoms. The van der Waals surface area contributed by atoms with E-state index in [1.807, 2.05) is 6.07 Å². The molecule has 0 aliphatic rings. The Labute approximate surface area is 88.7 Å². The molecule has 1 heterocycles. The Morgan fingerprint density at radius 2 is 2.38 bits per heavy atom. The lowest BCUT2D eigenvalue weighted by atomic mass is 10.5.